The summed E-state index contributed by atoms with van der Waals surface area (Å²) in [6.45, 7) is 11.9. The first-order chi connectivity index (χ1) is 31.3. The van der Waals surface area contributed by atoms with Gasteiger partial charge >= 0.3 is 0 Å². The van der Waals surface area contributed by atoms with E-state index in [-0.39, 0.29) is 5.91 Å². The first kappa shape index (κ1) is 45.5. The number of nitrogens with one attached hydrogen (secondary N) is 3. The molecule has 3 fully saturated rings. The van der Waals surface area contributed by atoms with Crippen molar-refractivity contribution in [1.82, 2.24) is 34.6 Å². The molecule has 2 aromatic heterocycles. The van der Waals surface area contributed by atoms with Crippen molar-refractivity contribution in [1.29, 1.82) is 0 Å². The number of carbonyl (C=O) groups is 2. The van der Waals surface area contributed by atoms with E-state index in [2.05, 4.69) is 87.7 Å². The molecule has 3 aromatic carbocycles. The highest BCUT2D eigenvalue weighted by atomic mass is 35.5. The van der Waals surface area contributed by atoms with Crippen molar-refractivity contribution >= 4 is 57.8 Å². The van der Waals surface area contributed by atoms with Crippen LogP contribution < -0.4 is 20.9 Å². The molecule has 1 amide bonds. The van der Waals surface area contributed by atoms with Gasteiger partial charge in [0.1, 0.15) is 23.8 Å². The molecule has 1 aliphatic carbocycles. The lowest BCUT2D eigenvalue weighted by atomic mass is 9.95. The maximum atomic E-state index is 14.1. The number of carbonyl (C=O) groups excluding carboxylic acids is 2. The summed E-state index contributed by atoms with van der Waals surface area (Å²) in [6.07, 6.45) is 15.6. The van der Waals surface area contributed by atoms with Crippen LogP contribution in [0.4, 0.5) is 27.4 Å². The zero-order chi connectivity index (χ0) is 44.3. The first-order valence-corrected chi connectivity index (χ1v) is 23.8. The molecule has 0 radical (unpaired) electrons. The summed E-state index contributed by atoms with van der Waals surface area (Å²) < 4.78 is 16.4. The van der Waals surface area contributed by atoms with Crippen LogP contribution in [-0.4, -0.2) is 120 Å². The molecule has 2 saturated heterocycles. The van der Waals surface area contributed by atoms with Crippen molar-refractivity contribution in [3.8, 4) is 11.1 Å². The van der Waals surface area contributed by atoms with E-state index in [0.29, 0.717) is 35.5 Å². The summed E-state index contributed by atoms with van der Waals surface area (Å²) in [5.41, 5.74) is 7.14. The van der Waals surface area contributed by atoms with Crippen molar-refractivity contribution in [3.05, 3.63) is 95.5 Å². The smallest absolute Gasteiger partial charge is 0.242 e. The van der Waals surface area contributed by atoms with E-state index in [9.17, 15) is 14.0 Å². The summed E-state index contributed by atoms with van der Waals surface area (Å²) in [7, 11) is 1.62. The summed E-state index contributed by atoms with van der Waals surface area (Å²) in [5, 5.41) is 10.5. The molecule has 64 heavy (non-hydrogen) atoms. The number of benzene rings is 3. The Hall–Kier alpha value is -5.08. The molecule has 5 aromatic rings. The SMILES string of the molecule is CNC(=O)C(CCC=O)Nc1ccc(N2CCN(CCCCCN3CCN(Cc4ccc(-c5cn(C6CCCCC6)c6nc(Nc7cc(F)cc(Cl)c7)ncc56)cc4)CC3)CC2)cc1. The molecule has 2 aliphatic heterocycles. The van der Waals surface area contributed by atoms with Gasteiger partial charge in [-0.05, 0) is 98.8 Å². The highest BCUT2D eigenvalue weighted by molar-refractivity contribution is 6.30. The van der Waals surface area contributed by atoms with Crippen LogP contribution in [0.15, 0.2) is 79.1 Å². The minimum atomic E-state index is -0.425. The van der Waals surface area contributed by atoms with Gasteiger partial charge in [0, 0.05) is 124 Å². The van der Waals surface area contributed by atoms with E-state index in [0.717, 1.165) is 112 Å². The lowest BCUT2D eigenvalue weighted by Gasteiger charge is -2.36. The Labute approximate surface area is 382 Å². The van der Waals surface area contributed by atoms with Gasteiger partial charge < -0.3 is 35.1 Å². The Morgan fingerprint density at radius 3 is 2.20 bits per heavy atom. The normalized spacial score (nSPS) is 17.4. The van der Waals surface area contributed by atoms with E-state index in [1.165, 1.54) is 68.5 Å². The van der Waals surface area contributed by atoms with Gasteiger partial charge in [0.25, 0.3) is 0 Å². The number of aromatic nitrogens is 3. The van der Waals surface area contributed by atoms with Crippen molar-refractivity contribution < 1.29 is 14.0 Å². The predicted octanol–water partition coefficient (Wildman–Crippen LogP) is 8.76. The van der Waals surface area contributed by atoms with Gasteiger partial charge in [-0.2, -0.15) is 4.98 Å². The van der Waals surface area contributed by atoms with Crippen LogP contribution >= 0.6 is 11.6 Å². The molecule has 8 rings (SSSR count). The number of halogens is 2. The molecule has 1 atom stereocenters. The minimum Gasteiger partial charge on any atom is -0.374 e. The van der Waals surface area contributed by atoms with Gasteiger partial charge in [-0.1, -0.05) is 61.5 Å². The van der Waals surface area contributed by atoms with Crippen LogP contribution in [0.1, 0.15) is 75.8 Å². The molecule has 4 heterocycles. The molecule has 1 saturated carbocycles. The number of unbranched alkanes of at least 4 members (excludes halogenated alkanes) is 2. The third-order valence-electron chi connectivity index (χ3n) is 13.3. The van der Waals surface area contributed by atoms with E-state index >= 15 is 0 Å². The topological polar surface area (TPSA) is 114 Å². The summed E-state index contributed by atoms with van der Waals surface area (Å²) in [5.74, 6) is -0.0921. The van der Waals surface area contributed by atoms with Crippen LogP contribution in [-0.2, 0) is 16.1 Å². The Bertz CT molecular complexity index is 2260. The maximum Gasteiger partial charge on any atom is 0.242 e. The molecular formula is C50H64ClFN10O2. The van der Waals surface area contributed by atoms with Crippen molar-refractivity contribution in [3.63, 3.8) is 0 Å². The molecular weight excluding hydrogens is 827 g/mol. The second kappa shape index (κ2) is 22.2. The highest BCUT2D eigenvalue weighted by Gasteiger charge is 2.23. The largest absolute Gasteiger partial charge is 0.374 e. The molecule has 0 spiro atoms. The second-order valence-electron chi connectivity index (χ2n) is 17.8. The number of fused-ring (bicyclic) bond motifs is 1. The third-order valence-corrected chi connectivity index (χ3v) is 13.5. The van der Waals surface area contributed by atoms with Crippen LogP contribution in [0.25, 0.3) is 22.2 Å². The van der Waals surface area contributed by atoms with Gasteiger partial charge in [0.05, 0.1) is 0 Å². The van der Waals surface area contributed by atoms with E-state index in [1.54, 1.807) is 13.1 Å². The quantitative estimate of drug-likeness (QED) is 0.0550. The lowest BCUT2D eigenvalue weighted by molar-refractivity contribution is -0.121. The van der Waals surface area contributed by atoms with E-state index < -0.39 is 11.9 Å². The summed E-state index contributed by atoms with van der Waals surface area (Å²) in [6, 6.07) is 21.7. The second-order valence-corrected chi connectivity index (χ2v) is 18.2. The van der Waals surface area contributed by atoms with Crippen LogP contribution in [0, 0.1) is 5.82 Å². The molecule has 3 N–H and O–H groups in total. The molecule has 340 valence electrons. The fraction of sp³-hybridized carbons (Fsp3) is 0.480. The van der Waals surface area contributed by atoms with E-state index in [4.69, 9.17) is 16.6 Å². The number of hydrogen-bond acceptors (Lipinski definition) is 10. The van der Waals surface area contributed by atoms with Crippen molar-refractivity contribution in [2.24, 2.45) is 0 Å². The summed E-state index contributed by atoms with van der Waals surface area (Å²) in [4.78, 5) is 43.0. The molecule has 0 bridgehead atoms. The highest BCUT2D eigenvalue weighted by Crippen LogP contribution is 2.37. The number of rotatable bonds is 19. The number of aldehydes is 1. The van der Waals surface area contributed by atoms with Crippen molar-refractivity contribution in [2.45, 2.75) is 82.8 Å². The average Bonchev–Trinajstić information content (AvgIpc) is 3.70. The van der Waals surface area contributed by atoms with Crippen molar-refractivity contribution in [2.75, 3.05) is 88.0 Å². The zero-order valence-corrected chi connectivity index (χ0v) is 38.0. The van der Waals surface area contributed by atoms with Crippen LogP contribution in [0.2, 0.25) is 5.02 Å². The zero-order valence-electron chi connectivity index (χ0n) is 37.3. The first-order valence-electron chi connectivity index (χ1n) is 23.5. The molecule has 1 unspecified atom stereocenters. The summed E-state index contributed by atoms with van der Waals surface area (Å²) >= 11 is 6.12. The number of piperazine rings is 2. The average molecular weight is 892 g/mol. The number of nitrogens with zero attached hydrogens (tertiary/aromatic N) is 7. The Balaban J connectivity index is 0.750. The Kier molecular flexibility index (Phi) is 15.8. The molecule has 14 heteroatoms. The minimum absolute atomic E-state index is 0.109. The monoisotopic (exact) mass is 890 g/mol. The Morgan fingerprint density at radius 2 is 1.53 bits per heavy atom. The third kappa shape index (κ3) is 12.0. The number of anilines is 4. The van der Waals surface area contributed by atoms with Gasteiger partial charge in [-0.3, -0.25) is 14.6 Å². The van der Waals surface area contributed by atoms with Crippen LogP contribution in [0.5, 0.6) is 0 Å². The van der Waals surface area contributed by atoms with Gasteiger partial charge in [0.15, 0.2) is 0 Å². The van der Waals surface area contributed by atoms with Gasteiger partial charge in [0.2, 0.25) is 11.9 Å². The predicted molar refractivity (Wildman–Crippen MR) is 257 cm³/mol. The molecule has 3 aliphatic rings. The molecule has 12 nitrogen and oxygen atoms in total. The maximum absolute atomic E-state index is 14.1. The van der Waals surface area contributed by atoms with E-state index in [1.807, 2.05) is 18.3 Å². The fourth-order valence-corrected chi connectivity index (χ4v) is 9.88. The Morgan fingerprint density at radius 1 is 0.844 bits per heavy atom. The van der Waals surface area contributed by atoms with Crippen LogP contribution in [0.3, 0.4) is 0 Å². The number of likely N-dealkylation sites (N-methyl/N-ethyl adjacent to an activating group) is 1. The number of hydrogen-bond donors (Lipinski definition) is 3. The fourth-order valence-electron chi connectivity index (χ4n) is 9.66. The van der Waals surface area contributed by atoms with Gasteiger partial charge in [-0.15, -0.1) is 0 Å². The number of amides is 1. The van der Waals surface area contributed by atoms with Gasteiger partial charge in [-0.25, -0.2) is 9.37 Å². The lowest BCUT2D eigenvalue weighted by Crippen LogP contribution is -2.46. The standard InChI is InChI=1S/C50H64ClFN10O2/c1-53-49(64)47(11-8-30-63)55-41-16-18-43(19-17-41)61-28-26-59(27-29-61)21-7-3-6-20-58-22-24-60(25-23-58)35-37-12-14-38(15-13-37)46-36-62(44-9-4-2-5-10-44)48-45(46)34-54-50(57-48)56-42-32-39(51)31-40(52)33-42/h12-19,30-34,36,44,47,55H,2-11,20-29,35H2,1H3,(H,53,64)(H,54,56,57).